The molecule has 3 N–H and O–H groups in total. The highest BCUT2D eigenvalue weighted by molar-refractivity contribution is 6.12. The fourth-order valence-electron chi connectivity index (χ4n) is 4.39. The number of hydrogen-bond acceptors (Lipinski definition) is 9. The number of carboxylic acids is 1. The van der Waals surface area contributed by atoms with Crippen LogP contribution in [-0.4, -0.2) is 77.7 Å². The number of amides is 1. The van der Waals surface area contributed by atoms with Gasteiger partial charge in [0, 0.05) is 50.0 Å². The lowest BCUT2D eigenvalue weighted by molar-refractivity contribution is -0.192. The smallest absolute Gasteiger partial charge is 0.475 e. The summed E-state index contributed by atoms with van der Waals surface area (Å²) in [5.41, 5.74) is 3.87. The van der Waals surface area contributed by atoms with Crippen molar-refractivity contribution in [3.05, 3.63) is 47.9 Å². The van der Waals surface area contributed by atoms with Crippen LogP contribution in [0, 0.1) is 13.8 Å². The molecule has 1 aliphatic rings. The second-order valence-corrected chi connectivity index (χ2v) is 9.20. The van der Waals surface area contributed by atoms with Crippen molar-refractivity contribution in [2.24, 2.45) is 0 Å². The van der Waals surface area contributed by atoms with Crippen molar-refractivity contribution in [3.63, 3.8) is 0 Å². The fraction of sp³-hybridized carbons (Fsp3) is 0.375. The van der Waals surface area contributed by atoms with Crippen LogP contribution in [0.1, 0.15) is 35.6 Å². The van der Waals surface area contributed by atoms with E-state index in [2.05, 4.69) is 54.3 Å². The zero-order valence-electron chi connectivity index (χ0n) is 21.5. The predicted octanol–water partition coefficient (Wildman–Crippen LogP) is 2.76. The molecule has 4 aromatic heterocycles. The van der Waals surface area contributed by atoms with Crippen LogP contribution in [0.5, 0.6) is 0 Å². The number of piperazine rings is 1. The molecule has 15 heteroatoms. The summed E-state index contributed by atoms with van der Waals surface area (Å²) >= 11 is 0. The number of carbonyl (C=O) groups is 2. The highest BCUT2D eigenvalue weighted by atomic mass is 19.4. The van der Waals surface area contributed by atoms with E-state index in [1.54, 1.807) is 24.8 Å². The standard InChI is InChI=1S/C22H25N9O.C2HF3O2/c1-12-8-30(9-13(2)26-12)21-19-18(23-5-6-24-19)16(7-25-21)22(32)29-17-11-31-10-14(3)27-15(4)20(31)28-17;3-2(4,5)1(6)7/h5-7,10-13,26H,8-9H2,1-4H3,(H,29,32);(H,6,7)/t12-,13+;. The summed E-state index contributed by atoms with van der Waals surface area (Å²) < 4.78 is 33.6. The number of imidazole rings is 1. The minimum absolute atomic E-state index is 0.326. The third-order valence-corrected chi connectivity index (χ3v) is 5.79. The predicted molar refractivity (Wildman–Crippen MR) is 136 cm³/mol. The largest absolute Gasteiger partial charge is 0.490 e. The van der Waals surface area contributed by atoms with Crippen molar-refractivity contribution in [1.29, 1.82) is 0 Å². The Morgan fingerprint density at radius 3 is 2.26 bits per heavy atom. The number of aliphatic carboxylic acids is 1. The molecule has 2 atom stereocenters. The molecule has 4 aromatic rings. The molecule has 0 unspecified atom stereocenters. The maximum absolute atomic E-state index is 13.1. The molecule has 0 radical (unpaired) electrons. The lowest BCUT2D eigenvalue weighted by atomic mass is 10.1. The summed E-state index contributed by atoms with van der Waals surface area (Å²) in [6.45, 7) is 9.72. The number of carboxylic acid groups (broad SMARTS) is 1. The number of halogens is 3. The molecule has 0 aromatic carbocycles. The van der Waals surface area contributed by atoms with Crippen LogP contribution in [0.25, 0.3) is 16.7 Å². The number of aryl methyl sites for hydroxylation is 2. The van der Waals surface area contributed by atoms with Crippen LogP contribution >= 0.6 is 0 Å². The van der Waals surface area contributed by atoms with E-state index >= 15 is 0 Å². The van der Waals surface area contributed by atoms with E-state index in [4.69, 9.17) is 9.90 Å². The van der Waals surface area contributed by atoms with Crippen molar-refractivity contribution in [2.45, 2.75) is 46.0 Å². The molecule has 5 heterocycles. The highest BCUT2D eigenvalue weighted by Gasteiger charge is 2.38. The lowest BCUT2D eigenvalue weighted by Crippen LogP contribution is -2.54. The Hall–Kier alpha value is -4.40. The van der Waals surface area contributed by atoms with Gasteiger partial charge >= 0.3 is 12.1 Å². The minimum atomic E-state index is -5.08. The molecule has 1 amide bonds. The summed E-state index contributed by atoms with van der Waals surface area (Å²) in [6, 6.07) is 0.652. The fourth-order valence-corrected chi connectivity index (χ4v) is 4.39. The van der Waals surface area contributed by atoms with Crippen LogP contribution in [0.4, 0.5) is 24.8 Å². The normalized spacial score (nSPS) is 17.6. The Balaban J connectivity index is 0.000000448. The van der Waals surface area contributed by atoms with Crippen LogP contribution in [0.2, 0.25) is 0 Å². The SMILES string of the molecule is Cc1cn2cc(NC(=O)c3cnc(N4C[C@@H](C)N[C@@H](C)C4)c4nccnc34)nc2c(C)n1.O=C(O)C(F)(F)F. The number of pyridine rings is 1. The summed E-state index contributed by atoms with van der Waals surface area (Å²) in [5.74, 6) is -1.90. The number of aromatic nitrogens is 6. The summed E-state index contributed by atoms with van der Waals surface area (Å²) in [5, 5.41) is 13.5. The molecule has 5 rings (SSSR count). The van der Waals surface area contributed by atoms with Crippen molar-refractivity contribution in [1.82, 2.24) is 34.6 Å². The number of anilines is 2. The number of carbonyl (C=O) groups excluding carboxylic acids is 1. The van der Waals surface area contributed by atoms with Gasteiger partial charge in [0.1, 0.15) is 11.0 Å². The first-order valence-corrected chi connectivity index (χ1v) is 11.9. The number of alkyl halides is 3. The number of hydrogen-bond donors (Lipinski definition) is 3. The number of nitrogens with one attached hydrogen (secondary N) is 2. The maximum atomic E-state index is 13.1. The van der Waals surface area contributed by atoms with Gasteiger partial charge in [-0.3, -0.25) is 14.8 Å². The lowest BCUT2D eigenvalue weighted by Gasteiger charge is -2.37. The summed E-state index contributed by atoms with van der Waals surface area (Å²) in [6.07, 6.45) is 3.36. The third kappa shape index (κ3) is 6.19. The van der Waals surface area contributed by atoms with Gasteiger partial charge < -0.3 is 25.0 Å². The Bertz CT molecular complexity index is 1530. The van der Waals surface area contributed by atoms with Crippen molar-refractivity contribution in [2.75, 3.05) is 23.3 Å². The van der Waals surface area contributed by atoms with Gasteiger partial charge in [0.2, 0.25) is 0 Å². The number of rotatable bonds is 3. The highest BCUT2D eigenvalue weighted by Crippen LogP contribution is 2.26. The maximum Gasteiger partial charge on any atom is 0.490 e. The van der Waals surface area contributed by atoms with Gasteiger partial charge in [0.25, 0.3) is 5.91 Å². The monoisotopic (exact) mass is 545 g/mol. The van der Waals surface area contributed by atoms with Gasteiger partial charge in [0.05, 0.1) is 23.1 Å². The topological polar surface area (TPSA) is 151 Å². The second kappa shape index (κ2) is 10.8. The van der Waals surface area contributed by atoms with Crippen LogP contribution < -0.4 is 15.5 Å². The molecule has 0 bridgehead atoms. The summed E-state index contributed by atoms with van der Waals surface area (Å²) in [4.78, 5) is 46.8. The molecule has 206 valence electrons. The van der Waals surface area contributed by atoms with Gasteiger partial charge in [-0.05, 0) is 27.7 Å². The molecule has 1 fully saturated rings. The molecule has 1 aliphatic heterocycles. The zero-order chi connectivity index (χ0) is 28.5. The quantitative estimate of drug-likeness (QED) is 0.351. The molecule has 0 spiro atoms. The Labute approximate surface area is 220 Å². The van der Waals surface area contributed by atoms with Crippen molar-refractivity contribution in [3.8, 4) is 0 Å². The first-order chi connectivity index (χ1) is 18.3. The van der Waals surface area contributed by atoms with Crippen LogP contribution in [0.15, 0.2) is 31.0 Å². The van der Waals surface area contributed by atoms with Crippen molar-refractivity contribution < 1.29 is 27.9 Å². The van der Waals surface area contributed by atoms with Gasteiger partial charge in [-0.25, -0.2) is 19.7 Å². The molecular weight excluding hydrogens is 519 g/mol. The molecular formula is C24H26F3N9O3. The molecule has 0 aliphatic carbocycles. The van der Waals surface area contributed by atoms with Gasteiger partial charge in [-0.15, -0.1) is 0 Å². The number of fused-ring (bicyclic) bond motifs is 2. The van der Waals surface area contributed by atoms with Crippen LogP contribution in [-0.2, 0) is 4.79 Å². The van der Waals surface area contributed by atoms with E-state index < -0.39 is 12.1 Å². The van der Waals surface area contributed by atoms with E-state index in [-0.39, 0.29) is 5.91 Å². The Morgan fingerprint density at radius 2 is 1.64 bits per heavy atom. The first-order valence-electron chi connectivity index (χ1n) is 11.9. The van der Waals surface area contributed by atoms with E-state index in [0.717, 1.165) is 30.3 Å². The van der Waals surface area contributed by atoms with E-state index in [1.165, 1.54) is 0 Å². The Kier molecular flexibility index (Phi) is 7.63. The minimum Gasteiger partial charge on any atom is -0.475 e. The number of nitrogens with zero attached hydrogens (tertiary/aromatic N) is 7. The summed E-state index contributed by atoms with van der Waals surface area (Å²) in [7, 11) is 0. The third-order valence-electron chi connectivity index (χ3n) is 5.79. The van der Waals surface area contributed by atoms with Crippen LogP contribution in [0.3, 0.4) is 0 Å². The molecule has 12 nitrogen and oxygen atoms in total. The molecule has 0 saturated carbocycles. The first kappa shape index (κ1) is 27.6. The van der Waals surface area contributed by atoms with E-state index in [0.29, 0.717) is 40.1 Å². The average Bonchev–Trinajstić information content (AvgIpc) is 3.25. The van der Waals surface area contributed by atoms with Gasteiger partial charge in [-0.1, -0.05) is 0 Å². The van der Waals surface area contributed by atoms with Gasteiger partial charge in [0.15, 0.2) is 17.3 Å². The second-order valence-electron chi connectivity index (χ2n) is 9.20. The van der Waals surface area contributed by atoms with E-state index in [9.17, 15) is 18.0 Å². The van der Waals surface area contributed by atoms with E-state index in [1.807, 2.05) is 24.4 Å². The molecule has 39 heavy (non-hydrogen) atoms. The van der Waals surface area contributed by atoms with Gasteiger partial charge in [-0.2, -0.15) is 13.2 Å². The van der Waals surface area contributed by atoms with Crippen molar-refractivity contribution >= 4 is 40.2 Å². The molecule has 1 saturated heterocycles. The zero-order valence-corrected chi connectivity index (χ0v) is 21.5. The average molecular weight is 546 g/mol. The Morgan fingerprint density at radius 1 is 1.03 bits per heavy atom.